The Hall–Kier alpha value is -3.45. The zero-order valence-corrected chi connectivity index (χ0v) is 16.2. The van der Waals surface area contributed by atoms with Crippen LogP contribution in [0, 0.1) is 5.82 Å². The molecule has 0 aromatic heterocycles. The number of benzene rings is 3. The topological polar surface area (TPSA) is 74.7 Å². The molecule has 0 amide bonds. The molecule has 0 saturated heterocycles. The fraction of sp³-hybridized carbons (Fsp3) is 0.0455. The van der Waals surface area contributed by atoms with Gasteiger partial charge in [-0.05, 0) is 41.5 Å². The number of ketones is 1. The van der Waals surface area contributed by atoms with E-state index in [2.05, 4.69) is 0 Å². The van der Waals surface area contributed by atoms with Crippen LogP contribution in [0.1, 0.15) is 15.9 Å². The summed E-state index contributed by atoms with van der Waals surface area (Å²) in [6.45, 7) is 0. The van der Waals surface area contributed by atoms with Crippen LogP contribution in [-0.2, 0) is 10.0 Å². The van der Waals surface area contributed by atoms with E-state index in [1.807, 2.05) is 0 Å². The van der Waals surface area contributed by atoms with Gasteiger partial charge in [0.15, 0.2) is 5.76 Å². The van der Waals surface area contributed by atoms with Crippen molar-refractivity contribution in [2.24, 2.45) is 0 Å². The van der Waals surface area contributed by atoms with Gasteiger partial charge in [0, 0.05) is 18.2 Å². The average molecular weight is 409 g/mol. The summed E-state index contributed by atoms with van der Waals surface area (Å²) in [4.78, 5) is 13.1. The van der Waals surface area contributed by atoms with Crippen molar-refractivity contribution in [3.8, 4) is 11.1 Å². The van der Waals surface area contributed by atoms with E-state index in [0.717, 1.165) is 4.31 Å². The molecule has 0 bridgehead atoms. The lowest BCUT2D eigenvalue weighted by Crippen LogP contribution is -2.35. The van der Waals surface area contributed by atoms with Gasteiger partial charge in [0.1, 0.15) is 11.5 Å². The van der Waals surface area contributed by atoms with Gasteiger partial charge in [0.2, 0.25) is 5.78 Å². The number of nitrogens with zero attached hydrogens (tertiary/aromatic N) is 1. The smallest absolute Gasteiger partial charge is 0.265 e. The van der Waals surface area contributed by atoms with Gasteiger partial charge >= 0.3 is 0 Å². The van der Waals surface area contributed by atoms with Crippen LogP contribution in [0.3, 0.4) is 0 Å². The molecule has 5 nitrogen and oxygen atoms in total. The van der Waals surface area contributed by atoms with Crippen molar-refractivity contribution in [3.63, 3.8) is 0 Å². The van der Waals surface area contributed by atoms with E-state index in [1.54, 1.807) is 42.5 Å². The minimum atomic E-state index is -3.97. The van der Waals surface area contributed by atoms with Crippen LogP contribution in [0.5, 0.6) is 0 Å². The Morgan fingerprint density at radius 1 is 0.931 bits per heavy atom. The van der Waals surface area contributed by atoms with Gasteiger partial charge in [0.05, 0.1) is 4.90 Å². The van der Waals surface area contributed by atoms with Crippen LogP contribution < -0.4 is 0 Å². The Bertz CT molecular complexity index is 1260. The molecule has 1 aliphatic rings. The van der Waals surface area contributed by atoms with Gasteiger partial charge in [-0.1, -0.05) is 42.5 Å². The van der Waals surface area contributed by atoms with Gasteiger partial charge in [-0.25, -0.2) is 12.8 Å². The Morgan fingerprint density at radius 2 is 1.62 bits per heavy atom. The lowest BCUT2D eigenvalue weighted by molar-refractivity contribution is 0.101. The number of hydrogen-bond donors (Lipinski definition) is 1. The van der Waals surface area contributed by atoms with E-state index in [4.69, 9.17) is 0 Å². The monoisotopic (exact) mass is 409 g/mol. The Balaban J connectivity index is 1.83. The molecule has 0 aliphatic carbocycles. The summed E-state index contributed by atoms with van der Waals surface area (Å²) in [6, 6.07) is 18.3. The van der Waals surface area contributed by atoms with Gasteiger partial charge in [-0.2, -0.15) is 0 Å². The predicted octanol–water partition coefficient (Wildman–Crippen LogP) is 4.24. The second-order valence-corrected chi connectivity index (χ2v) is 8.52. The first-order valence-corrected chi connectivity index (χ1v) is 10.2. The molecule has 1 N–H and O–H groups in total. The highest BCUT2D eigenvalue weighted by Gasteiger charge is 2.37. The number of likely N-dealkylation sites (N-methyl/N-ethyl adjacent to an activating group) is 1. The molecule has 1 aliphatic heterocycles. The Morgan fingerprint density at radius 3 is 2.34 bits per heavy atom. The normalized spacial score (nSPS) is 15.2. The van der Waals surface area contributed by atoms with Gasteiger partial charge < -0.3 is 5.11 Å². The van der Waals surface area contributed by atoms with Crippen LogP contribution in [0.25, 0.3) is 16.9 Å². The quantitative estimate of drug-likeness (QED) is 0.657. The first-order valence-electron chi connectivity index (χ1n) is 8.73. The molecular formula is C22H16FNO4S. The minimum absolute atomic E-state index is 0.0587. The van der Waals surface area contributed by atoms with Crippen molar-refractivity contribution in [2.45, 2.75) is 4.90 Å². The number of carbonyl (C=O) groups excluding carboxylic acids is 1. The summed E-state index contributed by atoms with van der Waals surface area (Å²) >= 11 is 0. The number of fused-ring (bicyclic) bond motifs is 1. The van der Waals surface area contributed by atoms with Crippen molar-refractivity contribution in [2.75, 3.05) is 7.05 Å². The molecule has 0 unspecified atom stereocenters. The minimum Gasteiger partial charge on any atom is -0.505 e. The highest BCUT2D eigenvalue weighted by molar-refractivity contribution is 7.89. The maximum absolute atomic E-state index is 13.2. The average Bonchev–Trinajstić information content (AvgIpc) is 2.73. The van der Waals surface area contributed by atoms with Crippen LogP contribution in [0.2, 0.25) is 0 Å². The van der Waals surface area contributed by atoms with Crippen LogP contribution in [0.4, 0.5) is 4.39 Å². The summed E-state index contributed by atoms with van der Waals surface area (Å²) in [5.41, 5.74) is 1.34. The third kappa shape index (κ3) is 3.09. The van der Waals surface area contributed by atoms with E-state index < -0.39 is 21.6 Å². The van der Waals surface area contributed by atoms with Gasteiger partial charge in [-0.3, -0.25) is 9.10 Å². The number of allylic oxidation sites excluding steroid dienone is 1. The van der Waals surface area contributed by atoms with Crippen molar-refractivity contribution in [1.82, 2.24) is 4.31 Å². The Labute approximate surface area is 167 Å². The van der Waals surface area contributed by atoms with E-state index in [9.17, 15) is 22.7 Å². The number of aliphatic hydroxyl groups is 1. The second-order valence-electron chi connectivity index (χ2n) is 6.58. The van der Waals surface area contributed by atoms with Crippen LogP contribution in [0.15, 0.2) is 83.4 Å². The summed E-state index contributed by atoms with van der Waals surface area (Å²) in [7, 11) is -2.74. The fourth-order valence-electron chi connectivity index (χ4n) is 3.30. The lowest BCUT2D eigenvalue weighted by atomic mass is 9.99. The first-order chi connectivity index (χ1) is 13.8. The van der Waals surface area contributed by atoms with Crippen molar-refractivity contribution in [1.29, 1.82) is 0 Å². The zero-order valence-electron chi connectivity index (χ0n) is 15.3. The maximum Gasteiger partial charge on any atom is 0.265 e. The number of aliphatic hydroxyl groups excluding tert-OH is 1. The second kappa shape index (κ2) is 6.86. The molecule has 0 radical (unpaired) electrons. The first kappa shape index (κ1) is 18.9. The molecule has 1 heterocycles. The largest absolute Gasteiger partial charge is 0.505 e. The van der Waals surface area contributed by atoms with Crippen LogP contribution in [-0.4, -0.2) is 30.7 Å². The summed E-state index contributed by atoms with van der Waals surface area (Å²) in [5.74, 6) is -1.40. The predicted molar refractivity (Wildman–Crippen MR) is 107 cm³/mol. The van der Waals surface area contributed by atoms with Crippen molar-refractivity contribution in [3.05, 3.63) is 95.4 Å². The van der Waals surface area contributed by atoms with E-state index in [0.29, 0.717) is 11.1 Å². The molecule has 3 aromatic carbocycles. The highest BCUT2D eigenvalue weighted by Crippen LogP contribution is 2.36. The van der Waals surface area contributed by atoms with Crippen molar-refractivity contribution >= 4 is 21.6 Å². The molecule has 0 spiro atoms. The third-order valence-corrected chi connectivity index (χ3v) is 6.65. The van der Waals surface area contributed by atoms with Crippen LogP contribution >= 0.6 is 0 Å². The molecule has 146 valence electrons. The number of carbonyl (C=O) groups is 1. The van der Waals surface area contributed by atoms with E-state index in [-0.39, 0.29) is 27.5 Å². The van der Waals surface area contributed by atoms with Crippen molar-refractivity contribution < 1.29 is 22.7 Å². The maximum atomic E-state index is 13.2. The van der Waals surface area contributed by atoms with Gasteiger partial charge in [0.25, 0.3) is 10.0 Å². The summed E-state index contributed by atoms with van der Waals surface area (Å²) in [6.07, 6.45) is 0. The fourth-order valence-corrected chi connectivity index (χ4v) is 4.70. The highest BCUT2D eigenvalue weighted by atomic mass is 32.2. The summed E-state index contributed by atoms with van der Waals surface area (Å²) < 4.78 is 39.6. The Kier molecular flexibility index (Phi) is 4.47. The number of sulfonamides is 1. The molecule has 3 aromatic rings. The molecule has 4 rings (SSSR count). The molecule has 7 heteroatoms. The third-order valence-electron chi connectivity index (χ3n) is 4.84. The van der Waals surface area contributed by atoms with Gasteiger partial charge in [-0.15, -0.1) is 0 Å². The van der Waals surface area contributed by atoms with E-state index in [1.165, 1.54) is 37.4 Å². The number of hydrogen-bond acceptors (Lipinski definition) is 4. The van der Waals surface area contributed by atoms with E-state index >= 15 is 0 Å². The molecule has 29 heavy (non-hydrogen) atoms. The molecule has 0 atom stereocenters. The number of halogens is 1. The lowest BCUT2D eigenvalue weighted by Gasteiger charge is -2.28. The molecule has 0 saturated carbocycles. The molecular weight excluding hydrogens is 393 g/mol. The standard InChI is InChI=1S/C22H16FNO4S/c1-24-20(22(26)18-7-2-3-8-19(18)29(24,27)28)21(25)16-6-4-5-15(13-16)14-9-11-17(23)12-10-14/h2-13,26H,1H3. The number of Topliss-reactive ketones (excluding diaryl/α,β-unsaturated/α-hetero) is 1. The SMILES string of the molecule is CN1C(C(=O)c2cccc(-c3ccc(F)cc3)c2)=C(O)c2ccccc2S1(=O)=O. The summed E-state index contributed by atoms with van der Waals surface area (Å²) in [5, 5.41) is 10.7. The molecule has 0 fully saturated rings. The zero-order chi connectivity index (χ0) is 20.8. The number of rotatable bonds is 3.